The average molecular weight is 479 g/mol. The van der Waals surface area contributed by atoms with E-state index in [1.54, 1.807) is 30.2 Å². The third-order valence-electron chi connectivity index (χ3n) is 6.66. The van der Waals surface area contributed by atoms with Gasteiger partial charge in [0.1, 0.15) is 17.1 Å². The highest BCUT2D eigenvalue weighted by atomic mass is 16.5. The fraction of sp³-hybridized carbons (Fsp3) is 0.407. The summed E-state index contributed by atoms with van der Waals surface area (Å²) >= 11 is 0. The van der Waals surface area contributed by atoms with Gasteiger partial charge in [-0.2, -0.15) is 0 Å². The Morgan fingerprint density at radius 2 is 1.74 bits per heavy atom. The molecule has 1 fully saturated rings. The molecule has 0 N–H and O–H groups in total. The van der Waals surface area contributed by atoms with Crippen LogP contribution in [0.5, 0.6) is 11.5 Å². The minimum atomic E-state index is -0.513. The molecule has 2 aliphatic heterocycles. The standard InChI is InChI=1S/C27H30N2O6/c1-3-34-19-7-5-18(6-8-19)24-23-25(30)21-10-9-20(32-2)17-22(21)35-26(23)27(31)29(24)12-4-11-28-13-15-33-16-14-28/h5-10,17,24H,3-4,11-16H2,1-2H3. The lowest BCUT2D eigenvalue weighted by Crippen LogP contribution is -2.38. The summed E-state index contributed by atoms with van der Waals surface area (Å²) in [4.78, 5) is 31.4. The second kappa shape index (κ2) is 10.1. The minimum absolute atomic E-state index is 0.112. The lowest BCUT2D eigenvalue weighted by molar-refractivity contribution is 0.0353. The molecular weight excluding hydrogens is 448 g/mol. The highest BCUT2D eigenvalue weighted by molar-refractivity contribution is 5.99. The molecule has 0 radical (unpaired) electrons. The quantitative estimate of drug-likeness (QED) is 0.490. The first-order valence-electron chi connectivity index (χ1n) is 12.1. The summed E-state index contributed by atoms with van der Waals surface area (Å²) in [7, 11) is 1.55. The van der Waals surface area contributed by atoms with E-state index in [0.29, 0.717) is 35.4 Å². The Morgan fingerprint density at radius 1 is 1.00 bits per heavy atom. The van der Waals surface area contributed by atoms with Gasteiger partial charge in [0.25, 0.3) is 5.91 Å². The number of fused-ring (bicyclic) bond motifs is 2. The number of hydrogen-bond donors (Lipinski definition) is 0. The van der Waals surface area contributed by atoms with Gasteiger partial charge in [-0.3, -0.25) is 14.5 Å². The Bertz CT molecular complexity index is 1260. The van der Waals surface area contributed by atoms with E-state index in [2.05, 4.69) is 4.90 Å². The largest absolute Gasteiger partial charge is 0.497 e. The lowest BCUT2D eigenvalue weighted by Gasteiger charge is -2.29. The minimum Gasteiger partial charge on any atom is -0.497 e. The Labute approximate surface area is 204 Å². The van der Waals surface area contributed by atoms with E-state index in [0.717, 1.165) is 50.6 Å². The first-order valence-corrected chi connectivity index (χ1v) is 12.1. The molecule has 5 rings (SSSR count). The Kier molecular flexibility index (Phi) is 6.74. The maximum Gasteiger partial charge on any atom is 0.290 e. The van der Waals surface area contributed by atoms with Crippen LogP contribution in [0.15, 0.2) is 51.7 Å². The van der Waals surface area contributed by atoms with Gasteiger partial charge in [0.15, 0.2) is 5.43 Å². The Morgan fingerprint density at radius 3 is 2.46 bits per heavy atom. The van der Waals surface area contributed by atoms with Crippen molar-refractivity contribution in [3.05, 3.63) is 69.6 Å². The molecule has 0 saturated carbocycles. The van der Waals surface area contributed by atoms with Crippen LogP contribution in [0, 0.1) is 0 Å². The van der Waals surface area contributed by atoms with Gasteiger partial charge in [-0.15, -0.1) is 0 Å². The van der Waals surface area contributed by atoms with Gasteiger partial charge in [0, 0.05) is 32.2 Å². The average Bonchev–Trinajstić information content (AvgIpc) is 3.17. The number of nitrogens with zero attached hydrogens (tertiary/aromatic N) is 2. The molecule has 2 aliphatic rings. The van der Waals surface area contributed by atoms with Crippen molar-refractivity contribution in [1.82, 2.24) is 9.80 Å². The number of carbonyl (C=O) groups excluding carboxylic acids is 1. The van der Waals surface area contributed by atoms with Crippen LogP contribution in [-0.2, 0) is 4.74 Å². The first-order chi connectivity index (χ1) is 17.1. The highest BCUT2D eigenvalue weighted by Gasteiger charge is 2.42. The molecule has 3 heterocycles. The van der Waals surface area contributed by atoms with Crippen LogP contribution >= 0.6 is 0 Å². The molecule has 8 heteroatoms. The van der Waals surface area contributed by atoms with Crippen LogP contribution in [0.4, 0.5) is 0 Å². The summed E-state index contributed by atoms with van der Waals surface area (Å²) in [6.07, 6.45) is 0.786. The van der Waals surface area contributed by atoms with Gasteiger partial charge in [0.05, 0.1) is 43.9 Å². The van der Waals surface area contributed by atoms with Crippen LogP contribution in [0.1, 0.15) is 41.1 Å². The fourth-order valence-electron chi connectivity index (χ4n) is 4.91. The maximum absolute atomic E-state index is 13.7. The number of methoxy groups -OCH3 is 1. The number of benzene rings is 2. The molecule has 0 spiro atoms. The maximum atomic E-state index is 13.7. The molecule has 2 aromatic carbocycles. The van der Waals surface area contributed by atoms with Crippen LogP contribution < -0.4 is 14.9 Å². The second-order valence-electron chi connectivity index (χ2n) is 8.75. The molecule has 1 saturated heterocycles. The Balaban J connectivity index is 1.52. The topological polar surface area (TPSA) is 81.5 Å². The van der Waals surface area contributed by atoms with Crippen LogP contribution in [0.3, 0.4) is 0 Å². The summed E-state index contributed by atoms with van der Waals surface area (Å²) in [5.41, 5.74) is 1.41. The number of hydrogen-bond acceptors (Lipinski definition) is 7. The monoisotopic (exact) mass is 478 g/mol. The molecular formula is C27H30N2O6. The summed E-state index contributed by atoms with van der Waals surface area (Å²) in [5, 5.41) is 0.434. The van der Waals surface area contributed by atoms with Crippen molar-refractivity contribution in [3.63, 3.8) is 0 Å². The molecule has 8 nitrogen and oxygen atoms in total. The zero-order chi connectivity index (χ0) is 24.4. The van der Waals surface area contributed by atoms with Crippen LogP contribution in [0.25, 0.3) is 11.0 Å². The first kappa shape index (κ1) is 23.4. The molecule has 1 atom stereocenters. The van der Waals surface area contributed by atoms with Gasteiger partial charge in [-0.25, -0.2) is 0 Å². The van der Waals surface area contributed by atoms with Crippen LogP contribution in [-0.4, -0.2) is 68.8 Å². The van der Waals surface area contributed by atoms with E-state index >= 15 is 0 Å². The van der Waals surface area contributed by atoms with Crippen molar-refractivity contribution < 1.29 is 23.4 Å². The van der Waals surface area contributed by atoms with Gasteiger partial charge in [-0.1, -0.05) is 12.1 Å². The van der Waals surface area contributed by atoms with Gasteiger partial charge in [0.2, 0.25) is 5.76 Å². The van der Waals surface area contributed by atoms with Crippen LogP contribution in [0.2, 0.25) is 0 Å². The predicted octanol–water partition coefficient (Wildman–Crippen LogP) is 3.47. The molecule has 3 aromatic rings. The van der Waals surface area contributed by atoms with E-state index < -0.39 is 6.04 Å². The Hall–Kier alpha value is -3.36. The number of carbonyl (C=O) groups is 1. The molecule has 1 amide bonds. The molecule has 184 valence electrons. The zero-order valence-electron chi connectivity index (χ0n) is 20.1. The van der Waals surface area contributed by atoms with E-state index in [4.69, 9.17) is 18.6 Å². The zero-order valence-corrected chi connectivity index (χ0v) is 20.1. The molecule has 0 aliphatic carbocycles. The summed E-state index contributed by atoms with van der Waals surface area (Å²) in [6.45, 7) is 7.12. The SMILES string of the molecule is CCOc1ccc(C2c3c(oc4cc(OC)ccc4c3=O)C(=O)N2CCCN2CCOCC2)cc1. The smallest absolute Gasteiger partial charge is 0.290 e. The van der Waals surface area contributed by atoms with Crippen molar-refractivity contribution >= 4 is 16.9 Å². The fourth-order valence-corrected chi connectivity index (χ4v) is 4.91. The number of amides is 1. The predicted molar refractivity (Wildman–Crippen MR) is 131 cm³/mol. The second-order valence-corrected chi connectivity index (χ2v) is 8.75. The highest BCUT2D eigenvalue weighted by Crippen LogP contribution is 2.39. The molecule has 1 unspecified atom stereocenters. The van der Waals surface area contributed by atoms with Crippen molar-refractivity contribution in [3.8, 4) is 11.5 Å². The van der Waals surface area contributed by atoms with Crippen molar-refractivity contribution in [2.75, 3.05) is 53.1 Å². The van der Waals surface area contributed by atoms with Gasteiger partial charge >= 0.3 is 0 Å². The number of ether oxygens (including phenoxy) is 3. The molecule has 0 bridgehead atoms. The van der Waals surface area contributed by atoms with Gasteiger partial charge in [-0.05, 0) is 43.2 Å². The van der Waals surface area contributed by atoms with Gasteiger partial charge < -0.3 is 23.5 Å². The van der Waals surface area contributed by atoms with E-state index in [1.165, 1.54) is 0 Å². The van der Waals surface area contributed by atoms with Crippen molar-refractivity contribution in [1.29, 1.82) is 0 Å². The molecule has 1 aromatic heterocycles. The van der Waals surface area contributed by atoms with E-state index in [9.17, 15) is 9.59 Å². The number of morpholine rings is 1. The lowest BCUT2D eigenvalue weighted by atomic mass is 9.98. The molecule has 35 heavy (non-hydrogen) atoms. The number of rotatable bonds is 8. The normalized spacial score (nSPS) is 18.2. The third kappa shape index (κ3) is 4.51. The summed E-state index contributed by atoms with van der Waals surface area (Å²) < 4.78 is 22.4. The summed E-state index contributed by atoms with van der Waals surface area (Å²) in [6, 6.07) is 12.2. The van der Waals surface area contributed by atoms with E-state index in [1.807, 2.05) is 31.2 Å². The van der Waals surface area contributed by atoms with E-state index in [-0.39, 0.29) is 17.1 Å². The third-order valence-corrected chi connectivity index (χ3v) is 6.66. The van der Waals surface area contributed by atoms with Crippen molar-refractivity contribution in [2.45, 2.75) is 19.4 Å². The summed E-state index contributed by atoms with van der Waals surface area (Å²) in [5.74, 6) is 1.16. The van der Waals surface area contributed by atoms with Crippen molar-refractivity contribution in [2.24, 2.45) is 0 Å².